The van der Waals surface area contributed by atoms with Crippen LogP contribution in [0.25, 0.3) is 0 Å². The van der Waals surface area contributed by atoms with Crippen LogP contribution < -0.4 is 5.32 Å². The third kappa shape index (κ3) is 2.53. The van der Waals surface area contributed by atoms with Gasteiger partial charge in [-0.1, -0.05) is 38.1 Å². The lowest BCUT2D eigenvalue weighted by molar-refractivity contribution is -0.125. The Balaban J connectivity index is 1.98. The maximum Gasteiger partial charge on any atom is 0.237 e. The first-order valence-electron chi connectivity index (χ1n) is 6.38. The van der Waals surface area contributed by atoms with Crippen molar-refractivity contribution < 1.29 is 4.79 Å². The number of nitriles is 1. The zero-order chi connectivity index (χ0) is 13.1. The fourth-order valence-electron chi connectivity index (χ4n) is 2.46. The summed E-state index contributed by atoms with van der Waals surface area (Å²) in [7, 11) is 0. The van der Waals surface area contributed by atoms with E-state index in [0.717, 1.165) is 12.8 Å². The number of carbonyl (C=O) groups excluding carboxylic acids is 1. The van der Waals surface area contributed by atoms with Gasteiger partial charge in [0.15, 0.2) is 0 Å². The van der Waals surface area contributed by atoms with Gasteiger partial charge in [0.05, 0.1) is 6.07 Å². The predicted molar refractivity (Wildman–Crippen MR) is 69.7 cm³/mol. The van der Waals surface area contributed by atoms with E-state index >= 15 is 0 Å². The van der Waals surface area contributed by atoms with E-state index in [4.69, 9.17) is 5.26 Å². The first-order chi connectivity index (χ1) is 8.61. The molecule has 0 radical (unpaired) electrons. The molecule has 0 saturated heterocycles. The second-order valence-electron chi connectivity index (χ2n) is 5.23. The Morgan fingerprint density at radius 2 is 1.89 bits per heavy atom. The third-order valence-electron chi connectivity index (χ3n) is 3.49. The van der Waals surface area contributed by atoms with E-state index in [2.05, 4.69) is 23.5 Å². The van der Waals surface area contributed by atoms with E-state index in [-0.39, 0.29) is 17.9 Å². The lowest BCUT2D eigenvalue weighted by atomic mass is 9.96. The standard InChI is InChI=1S/C15H18N2O/c1-10(2)14(9-16)15(18)17-13-7-11-5-3-4-6-12(11)8-13/h3-6,10,13-14H,7-8H2,1-2H3,(H,17,18). The Bertz CT molecular complexity index is 463. The second kappa shape index (κ2) is 5.22. The minimum absolute atomic E-state index is 0.0544. The van der Waals surface area contributed by atoms with E-state index < -0.39 is 5.92 Å². The van der Waals surface area contributed by atoms with Crippen LogP contribution in [0, 0.1) is 23.2 Å². The van der Waals surface area contributed by atoms with E-state index in [1.165, 1.54) is 11.1 Å². The number of nitrogens with zero attached hydrogens (tertiary/aromatic N) is 1. The Hall–Kier alpha value is -1.82. The molecule has 1 N–H and O–H groups in total. The first kappa shape index (κ1) is 12.6. The number of rotatable bonds is 3. The topological polar surface area (TPSA) is 52.9 Å². The van der Waals surface area contributed by atoms with Crippen LogP contribution in [-0.2, 0) is 17.6 Å². The normalized spacial score (nSPS) is 16.1. The van der Waals surface area contributed by atoms with Gasteiger partial charge in [-0.05, 0) is 29.9 Å². The summed E-state index contributed by atoms with van der Waals surface area (Å²) in [5.41, 5.74) is 2.61. The molecule has 1 aliphatic rings. The van der Waals surface area contributed by atoms with Crippen molar-refractivity contribution >= 4 is 5.91 Å². The van der Waals surface area contributed by atoms with Gasteiger partial charge >= 0.3 is 0 Å². The van der Waals surface area contributed by atoms with Crippen molar-refractivity contribution in [2.45, 2.75) is 32.7 Å². The number of amides is 1. The average Bonchev–Trinajstić information content (AvgIpc) is 2.71. The molecule has 0 aromatic heterocycles. The molecule has 1 aliphatic carbocycles. The van der Waals surface area contributed by atoms with Crippen LogP contribution in [0.5, 0.6) is 0 Å². The van der Waals surface area contributed by atoms with Gasteiger partial charge in [0.1, 0.15) is 5.92 Å². The summed E-state index contributed by atoms with van der Waals surface area (Å²) in [6.07, 6.45) is 1.75. The van der Waals surface area contributed by atoms with Gasteiger partial charge in [-0.2, -0.15) is 5.26 Å². The van der Waals surface area contributed by atoms with Gasteiger partial charge in [-0.15, -0.1) is 0 Å². The van der Waals surface area contributed by atoms with Crippen LogP contribution in [-0.4, -0.2) is 11.9 Å². The molecule has 1 aromatic rings. The molecule has 0 spiro atoms. The predicted octanol–water partition coefficient (Wildman–Crippen LogP) is 2.07. The summed E-state index contributed by atoms with van der Waals surface area (Å²) in [6.45, 7) is 3.80. The number of nitrogens with one attached hydrogen (secondary N) is 1. The van der Waals surface area contributed by atoms with Crippen LogP contribution in [0.1, 0.15) is 25.0 Å². The zero-order valence-electron chi connectivity index (χ0n) is 10.8. The molecule has 94 valence electrons. The molecule has 0 fully saturated rings. The Morgan fingerprint density at radius 1 is 1.33 bits per heavy atom. The monoisotopic (exact) mass is 242 g/mol. The van der Waals surface area contributed by atoms with Crippen molar-refractivity contribution in [3.63, 3.8) is 0 Å². The van der Waals surface area contributed by atoms with Gasteiger partial charge in [0.2, 0.25) is 5.91 Å². The SMILES string of the molecule is CC(C)C(C#N)C(=O)NC1Cc2ccccc2C1. The van der Waals surface area contributed by atoms with Gasteiger partial charge in [-0.3, -0.25) is 4.79 Å². The molecule has 0 saturated carbocycles. The molecule has 18 heavy (non-hydrogen) atoms. The van der Waals surface area contributed by atoms with E-state index in [1.807, 2.05) is 26.0 Å². The molecule has 1 atom stereocenters. The quantitative estimate of drug-likeness (QED) is 0.882. The minimum Gasteiger partial charge on any atom is -0.352 e. The highest BCUT2D eigenvalue weighted by atomic mass is 16.1. The summed E-state index contributed by atoms with van der Waals surface area (Å²) in [6, 6.07) is 10.5. The minimum atomic E-state index is -0.547. The maximum atomic E-state index is 12.0. The summed E-state index contributed by atoms with van der Waals surface area (Å²) >= 11 is 0. The lowest BCUT2D eigenvalue weighted by Crippen LogP contribution is -2.40. The van der Waals surface area contributed by atoms with E-state index in [0.29, 0.717) is 0 Å². The smallest absolute Gasteiger partial charge is 0.237 e. The Morgan fingerprint density at radius 3 is 2.33 bits per heavy atom. The number of carbonyl (C=O) groups is 1. The highest BCUT2D eigenvalue weighted by Crippen LogP contribution is 2.22. The third-order valence-corrected chi connectivity index (χ3v) is 3.49. The molecular formula is C15H18N2O. The van der Waals surface area contributed by atoms with Crippen molar-refractivity contribution in [1.82, 2.24) is 5.32 Å². The fourth-order valence-corrected chi connectivity index (χ4v) is 2.46. The zero-order valence-corrected chi connectivity index (χ0v) is 10.8. The van der Waals surface area contributed by atoms with E-state index in [9.17, 15) is 4.79 Å². The molecule has 2 rings (SSSR count). The summed E-state index contributed by atoms with van der Waals surface area (Å²) in [4.78, 5) is 12.0. The van der Waals surface area contributed by atoms with Crippen molar-refractivity contribution in [3.8, 4) is 6.07 Å². The highest BCUT2D eigenvalue weighted by Gasteiger charge is 2.27. The molecule has 0 heterocycles. The molecule has 3 heteroatoms. The maximum absolute atomic E-state index is 12.0. The fraction of sp³-hybridized carbons (Fsp3) is 0.467. The van der Waals surface area contributed by atoms with Crippen LogP contribution in [0.4, 0.5) is 0 Å². The Kier molecular flexibility index (Phi) is 3.66. The van der Waals surface area contributed by atoms with Crippen molar-refractivity contribution in [2.75, 3.05) is 0 Å². The molecule has 1 unspecified atom stereocenters. The van der Waals surface area contributed by atoms with Gasteiger partial charge in [0.25, 0.3) is 0 Å². The average molecular weight is 242 g/mol. The number of benzene rings is 1. The van der Waals surface area contributed by atoms with Crippen molar-refractivity contribution in [3.05, 3.63) is 35.4 Å². The number of hydrogen-bond donors (Lipinski definition) is 1. The highest BCUT2D eigenvalue weighted by molar-refractivity contribution is 5.81. The molecule has 1 amide bonds. The molecule has 1 aromatic carbocycles. The molecule has 0 aliphatic heterocycles. The summed E-state index contributed by atoms with van der Waals surface area (Å²) in [5, 5.41) is 12.0. The van der Waals surface area contributed by atoms with Gasteiger partial charge < -0.3 is 5.32 Å². The molecule has 0 bridgehead atoms. The summed E-state index contributed by atoms with van der Waals surface area (Å²) < 4.78 is 0. The van der Waals surface area contributed by atoms with Crippen LogP contribution in [0.15, 0.2) is 24.3 Å². The molecule has 3 nitrogen and oxygen atoms in total. The van der Waals surface area contributed by atoms with Gasteiger partial charge in [0, 0.05) is 6.04 Å². The first-order valence-corrected chi connectivity index (χ1v) is 6.38. The number of fused-ring (bicyclic) bond motifs is 1. The lowest BCUT2D eigenvalue weighted by Gasteiger charge is -2.17. The van der Waals surface area contributed by atoms with Crippen molar-refractivity contribution in [1.29, 1.82) is 5.26 Å². The van der Waals surface area contributed by atoms with Crippen LogP contribution in [0.3, 0.4) is 0 Å². The molecular weight excluding hydrogens is 224 g/mol. The Labute approximate surface area is 108 Å². The second-order valence-corrected chi connectivity index (χ2v) is 5.23. The summed E-state index contributed by atoms with van der Waals surface area (Å²) in [5.74, 6) is -0.627. The van der Waals surface area contributed by atoms with E-state index in [1.54, 1.807) is 0 Å². The van der Waals surface area contributed by atoms with Crippen LogP contribution in [0.2, 0.25) is 0 Å². The number of hydrogen-bond acceptors (Lipinski definition) is 2. The van der Waals surface area contributed by atoms with Crippen LogP contribution >= 0.6 is 0 Å². The largest absolute Gasteiger partial charge is 0.352 e. The van der Waals surface area contributed by atoms with Crippen molar-refractivity contribution in [2.24, 2.45) is 11.8 Å². The van der Waals surface area contributed by atoms with Gasteiger partial charge in [-0.25, -0.2) is 0 Å².